The molecule has 2 rings (SSSR count). The highest BCUT2D eigenvalue weighted by Gasteiger charge is 2.28. The van der Waals surface area contributed by atoms with Gasteiger partial charge in [-0.05, 0) is 39.7 Å². The molecule has 0 spiro atoms. The number of nitrogens with one attached hydrogen (secondary N) is 1. The zero-order valence-electron chi connectivity index (χ0n) is 12.9. The Morgan fingerprint density at radius 1 is 1.35 bits per heavy atom. The molecular formula is C15H26N4O. The highest BCUT2D eigenvalue weighted by atomic mass is 16.2. The number of nitrogens with two attached hydrogens (primary N) is 1. The van der Waals surface area contributed by atoms with Gasteiger partial charge in [-0.1, -0.05) is 0 Å². The normalized spacial score (nSPS) is 18.2. The van der Waals surface area contributed by atoms with Crippen LogP contribution in [0.4, 0.5) is 5.69 Å². The molecule has 1 amide bonds. The van der Waals surface area contributed by atoms with Crippen LogP contribution in [-0.2, 0) is 7.05 Å². The van der Waals surface area contributed by atoms with Gasteiger partial charge >= 0.3 is 0 Å². The van der Waals surface area contributed by atoms with Gasteiger partial charge in [-0.3, -0.25) is 9.69 Å². The molecule has 0 saturated carbocycles. The summed E-state index contributed by atoms with van der Waals surface area (Å²) >= 11 is 0. The third-order valence-corrected chi connectivity index (χ3v) is 4.04. The van der Waals surface area contributed by atoms with Gasteiger partial charge in [-0.25, -0.2) is 0 Å². The molecular weight excluding hydrogens is 252 g/mol. The number of nitrogen functional groups attached to an aromatic ring is 1. The standard InChI is InChI=1S/C15H26N4O/c1-15(2,3)19-7-5-12(6-8-19)17-14(20)13-9-11(16)10-18(13)4/h9-10,12H,5-8,16H2,1-4H3,(H,17,20). The fourth-order valence-electron chi connectivity index (χ4n) is 2.77. The first kappa shape index (κ1) is 14.9. The van der Waals surface area contributed by atoms with Crippen LogP contribution in [0, 0.1) is 0 Å². The lowest BCUT2D eigenvalue weighted by Gasteiger charge is -2.41. The summed E-state index contributed by atoms with van der Waals surface area (Å²) in [5.41, 5.74) is 7.17. The summed E-state index contributed by atoms with van der Waals surface area (Å²) < 4.78 is 1.77. The molecule has 0 unspecified atom stereocenters. The third-order valence-electron chi connectivity index (χ3n) is 4.04. The Morgan fingerprint density at radius 3 is 2.40 bits per heavy atom. The van der Waals surface area contributed by atoms with Gasteiger partial charge in [-0.15, -0.1) is 0 Å². The minimum atomic E-state index is -0.0293. The van der Waals surface area contributed by atoms with Crippen LogP contribution in [0.1, 0.15) is 44.1 Å². The summed E-state index contributed by atoms with van der Waals surface area (Å²) in [6.07, 6.45) is 3.77. The number of carbonyl (C=O) groups is 1. The van der Waals surface area contributed by atoms with Crippen molar-refractivity contribution < 1.29 is 4.79 Å². The Hall–Kier alpha value is -1.49. The van der Waals surface area contributed by atoms with Crippen molar-refractivity contribution >= 4 is 11.6 Å². The zero-order chi connectivity index (χ0) is 14.9. The second-order valence-electron chi connectivity index (χ2n) is 6.68. The molecule has 1 aromatic rings. The maximum Gasteiger partial charge on any atom is 0.268 e. The molecule has 1 aliphatic rings. The van der Waals surface area contributed by atoms with Gasteiger partial charge in [0.15, 0.2) is 0 Å². The van der Waals surface area contributed by atoms with Crippen molar-refractivity contribution in [3.63, 3.8) is 0 Å². The van der Waals surface area contributed by atoms with Crippen LogP contribution >= 0.6 is 0 Å². The molecule has 1 fully saturated rings. The number of aryl methyl sites for hydroxylation is 1. The summed E-state index contributed by atoms with van der Waals surface area (Å²) in [5, 5.41) is 3.12. The van der Waals surface area contributed by atoms with E-state index >= 15 is 0 Å². The fraction of sp³-hybridized carbons (Fsp3) is 0.667. The Kier molecular flexibility index (Phi) is 4.09. The lowest BCUT2D eigenvalue weighted by atomic mass is 9.98. The van der Waals surface area contributed by atoms with Crippen molar-refractivity contribution in [2.45, 2.75) is 45.2 Å². The molecule has 1 saturated heterocycles. The Morgan fingerprint density at radius 2 is 1.95 bits per heavy atom. The number of anilines is 1. The summed E-state index contributed by atoms with van der Waals surface area (Å²) in [6.45, 7) is 8.77. The Labute approximate surface area is 121 Å². The van der Waals surface area contributed by atoms with E-state index in [2.05, 4.69) is 31.0 Å². The first-order chi connectivity index (χ1) is 9.27. The van der Waals surface area contributed by atoms with E-state index in [0.29, 0.717) is 11.4 Å². The highest BCUT2D eigenvalue weighted by molar-refractivity contribution is 5.93. The molecule has 0 aliphatic carbocycles. The van der Waals surface area contributed by atoms with Crippen molar-refractivity contribution in [2.24, 2.45) is 7.05 Å². The van der Waals surface area contributed by atoms with Crippen molar-refractivity contribution in [3.8, 4) is 0 Å². The first-order valence-electron chi connectivity index (χ1n) is 7.25. The monoisotopic (exact) mass is 278 g/mol. The lowest BCUT2D eigenvalue weighted by Crippen LogP contribution is -2.51. The summed E-state index contributed by atoms with van der Waals surface area (Å²) in [4.78, 5) is 14.7. The van der Waals surface area contributed by atoms with Crippen molar-refractivity contribution in [1.29, 1.82) is 0 Å². The smallest absolute Gasteiger partial charge is 0.268 e. The van der Waals surface area contributed by atoms with Gasteiger partial charge in [-0.2, -0.15) is 0 Å². The summed E-state index contributed by atoms with van der Waals surface area (Å²) in [5.74, 6) is -0.0293. The second-order valence-corrected chi connectivity index (χ2v) is 6.68. The molecule has 1 aromatic heterocycles. The quantitative estimate of drug-likeness (QED) is 0.863. The molecule has 0 atom stereocenters. The van der Waals surface area contributed by atoms with Crippen LogP contribution < -0.4 is 11.1 Å². The molecule has 0 bridgehead atoms. The molecule has 0 aromatic carbocycles. The number of carbonyl (C=O) groups excluding carboxylic acids is 1. The van der Waals surface area contributed by atoms with Crippen LogP contribution in [0.2, 0.25) is 0 Å². The third kappa shape index (κ3) is 3.33. The predicted molar refractivity (Wildman–Crippen MR) is 81.6 cm³/mol. The van der Waals surface area contributed by atoms with E-state index in [0.717, 1.165) is 25.9 Å². The molecule has 20 heavy (non-hydrogen) atoms. The summed E-state index contributed by atoms with van der Waals surface area (Å²) in [7, 11) is 1.84. The van der Waals surface area contributed by atoms with Gasteiger partial charge in [0.1, 0.15) is 5.69 Å². The largest absolute Gasteiger partial charge is 0.397 e. The fourth-order valence-corrected chi connectivity index (χ4v) is 2.77. The highest BCUT2D eigenvalue weighted by Crippen LogP contribution is 2.20. The van der Waals surface area contributed by atoms with Crippen LogP contribution in [0.25, 0.3) is 0 Å². The number of likely N-dealkylation sites (tertiary alicyclic amines) is 1. The van der Waals surface area contributed by atoms with E-state index in [1.54, 1.807) is 16.8 Å². The minimum absolute atomic E-state index is 0.0293. The number of rotatable bonds is 2. The average molecular weight is 278 g/mol. The SMILES string of the molecule is Cn1cc(N)cc1C(=O)NC1CCN(C(C)(C)C)CC1. The molecule has 112 valence electrons. The second kappa shape index (κ2) is 5.48. The van der Waals surface area contributed by atoms with Crippen molar-refractivity contribution in [1.82, 2.24) is 14.8 Å². The Balaban J connectivity index is 1.90. The number of nitrogens with zero attached hydrogens (tertiary/aromatic N) is 2. The molecule has 2 heterocycles. The molecule has 0 radical (unpaired) electrons. The van der Waals surface area contributed by atoms with E-state index in [9.17, 15) is 4.79 Å². The van der Waals surface area contributed by atoms with Gasteiger partial charge in [0, 0.05) is 37.9 Å². The minimum Gasteiger partial charge on any atom is -0.397 e. The van der Waals surface area contributed by atoms with Gasteiger partial charge in [0.2, 0.25) is 0 Å². The number of amides is 1. The average Bonchev–Trinajstić information content (AvgIpc) is 2.68. The van der Waals surface area contributed by atoms with Gasteiger partial charge < -0.3 is 15.6 Å². The number of aromatic nitrogens is 1. The van der Waals surface area contributed by atoms with Crippen molar-refractivity contribution in [2.75, 3.05) is 18.8 Å². The molecule has 5 nitrogen and oxygen atoms in total. The Bertz CT molecular complexity index is 479. The zero-order valence-corrected chi connectivity index (χ0v) is 12.9. The summed E-state index contributed by atoms with van der Waals surface area (Å²) in [6, 6.07) is 1.98. The number of hydrogen-bond acceptors (Lipinski definition) is 3. The van der Waals surface area contributed by atoms with Crippen molar-refractivity contribution in [3.05, 3.63) is 18.0 Å². The predicted octanol–water partition coefficient (Wildman–Crippen LogP) is 1.60. The van der Waals surface area contributed by atoms with Gasteiger partial charge in [0.25, 0.3) is 5.91 Å². The van der Waals surface area contributed by atoms with E-state index in [-0.39, 0.29) is 17.5 Å². The maximum atomic E-state index is 12.2. The number of hydrogen-bond donors (Lipinski definition) is 2. The van der Waals surface area contributed by atoms with E-state index in [1.807, 2.05) is 7.05 Å². The van der Waals surface area contributed by atoms with Crippen LogP contribution in [0.5, 0.6) is 0 Å². The molecule has 3 N–H and O–H groups in total. The van der Waals surface area contributed by atoms with E-state index < -0.39 is 0 Å². The van der Waals surface area contributed by atoms with Crippen LogP contribution in [0.3, 0.4) is 0 Å². The molecule has 1 aliphatic heterocycles. The van der Waals surface area contributed by atoms with Crippen LogP contribution in [0.15, 0.2) is 12.3 Å². The van der Waals surface area contributed by atoms with E-state index in [1.165, 1.54) is 0 Å². The number of piperidine rings is 1. The molecule has 5 heteroatoms. The first-order valence-corrected chi connectivity index (χ1v) is 7.25. The topological polar surface area (TPSA) is 63.3 Å². The maximum absolute atomic E-state index is 12.2. The van der Waals surface area contributed by atoms with E-state index in [4.69, 9.17) is 5.73 Å². The lowest BCUT2D eigenvalue weighted by molar-refractivity contribution is 0.0807. The van der Waals surface area contributed by atoms with Crippen LogP contribution in [-0.4, -0.2) is 40.0 Å². The van der Waals surface area contributed by atoms with Gasteiger partial charge in [0.05, 0.1) is 5.69 Å².